The van der Waals surface area contributed by atoms with E-state index in [0.717, 1.165) is 0 Å². The standard InChI is InChI=1S/C12H10Cl2N2O/c13-9-4-1-5-10(11(9)14)16-12-8(7-17)3-2-6-15-12/h1-6,17H,7H2,(H,15,16). The molecule has 0 spiro atoms. The fourth-order valence-electron chi connectivity index (χ4n) is 1.41. The van der Waals surface area contributed by atoms with Crippen LogP contribution in [-0.4, -0.2) is 10.1 Å². The van der Waals surface area contributed by atoms with Crippen molar-refractivity contribution in [2.45, 2.75) is 6.61 Å². The zero-order valence-electron chi connectivity index (χ0n) is 8.82. The summed E-state index contributed by atoms with van der Waals surface area (Å²) < 4.78 is 0. The second-order valence-corrected chi connectivity index (χ2v) is 4.18. The Morgan fingerprint density at radius 2 is 2.00 bits per heavy atom. The number of hydrogen-bond acceptors (Lipinski definition) is 3. The zero-order valence-corrected chi connectivity index (χ0v) is 10.3. The molecule has 0 aliphatic rings. The third-order valence-electron chi connectivity index (χ3n) is 2.27. The second-order valence-electron chi connectivity index (χ2n) is 3.40. The Morgan fingerprint density at radius 3 is 2.76 bits per heavy atom. The van der Waals surface area contributed by atoms with Crippen LogP contribution in [0.25, 0.3) is 0 Å². The fourth-order valence-corrected chi connectivity index (χ4v) is 1.75. The summed E-state index contributed by atoms with van der Waals surface area (Å²) in [6.45, 7) is -0.0889. The zero-order chi connectivity index (χ0) is 12.3. The number of rotatable bonds is 3. The Balaban J connectivity index is 2.35. The van der Waals surface area contributed by atoms with Crippen molar-refractivity contribution in [3.8, 4) is 0 Å². The highest BCUT2D eigenvalue weighted by Gasteiger charge is 2.07. The number of aliphatic hydroxyl groups excluding tert-OH is 1. The third kappa shape index (κ3) is 2.69. The molecule has 0 atom stereocenters. The molecule has 0 fully saturated rings. The molecule has 2 N–H and O–H groups in total. The lowest BCUT2D eigenvalue weighted by Gasteiger charge is -2.11. The largest absolute Gasteiger partial charge is 0.392 e. The van der Waals surface area contributed by atoms with Crippen LogP contribution in [0.4, 0.5) is 11.5 Å². The van der Waals surface area contributed by atoms with Crippen LogP contribution in [0.1, 0.15) is 5.56 Å². The number of anilines is 2. The molecular weight excluding hydrogens is 259 g/mol. The number of benzene rings is 1. The Morgan fingerprint density at radius 1 is 1.18 bits per heavy atom. The summed E-state index contributed by atoms with van der Waals surface area (Å²) in [5.74, 6) is 0.569. The van der Waals surface area contributed by atoms with Crippen molar-refractivity contribution in [2.75, 3.05) is 5.32 Å². The number of aliphatic hydroxyl groups is 1. The first-order valence-corrected chi connectivity index (χ1v) is 5.73. The minimum absolute atomic E-state index is 0.0889. The predicted molar refractivity (Wildman–Crippen MR) is 69.9 cm³/mol. The minimum atomic E-state index is -0.0889. The molecule has 3 nitrogen and oxygen atoms in total. The highest BCUT2D eigenvalue weighted by molar-refractivity contribution is 6.43. The van der Waals surface area contributed by atoms with Gasteiger partial charge in [-0.2, -0.15) is 0 Å². The summed E-state index contributed by atoms with van der Waals surface area (Å²) in [6.07, 6.45) is 1.64. The number of hydrogen-bond donors (Lipinski definition) is 2. The quantitative estimate of drug-likeness (QED) is 0.894. The first kappa shape index (κ1) is 12.2. The van der Waals surface area contributed by atoms with Gasteiger partial charge in [0.1, 0.15) is 5.82 Å². The lowest BCUT2D eigenvalue weighted by molar-refractivity contribution is 0.282. The Hall–Kier alpha value is -1.29. The number of pyridine rings is 1. The number of nitrogens with one attached hydrogen (secondary N) is 1. The van der Waals surface area contributed by atoms with E-state index in [1.165, 1.54) is 0 Å². The van der Waals surface area contributed by atoms with Gasteiger partial charge in [0.05, 0.1) is 22.3 Å². The van der Waals surface area contributed by atoms with Crippen LogP contribution in [0.5, 0.6) is 0 Å². The summed E-state index contributed by atoms with van der Waals surface area (Å²) in [7, 11) is 0. The van der Waals surface area contributed by atoms with E-state index < -0.39 is 0 Å². The van der Waals surface area contributed by atoms with Crippen LogP contribution in [0.2, 0.25) is 10.0 Å². The lowest BCUT2D eigenvalue weighted by Crippen LogP contribution is -1.99. The van der Waals surface area contributed by atoms with E-state index in [-0.39, 0.29) is 6.61 Å². The van der Waals surface area contributed by atoms with Gasteiger partial charge in [0, 0.05) is 11.8 Å². The Kier molecular flexibility index (Phi) is 3.84. The molecule has 17 heavy (non-hydrogen) atoms. The van der Waals surface area contributed by atoms with E-state index >= 15 is 0 Å². The molecular formula is C12H10Cl2N2O. The first-order chi connectivity index (χ1) is 8.22. The maximum Gasteiger partial charge on any atom is 0.135 e. The topological polar surface area (TPSA) is 45.2 Å². The maximum atomic E-state index is 9.18. The van der Waals surface area contributed by atoms with E-state index in [4.69, 9.17) is 23.2 Å². The van der Waals surface area contributed by atoms with Crippen molar-refractivity contribution in [1.29, 1.82) is 0 Å². The summed E-state index contributed by atoms with van der Waals surface area (Å²) in [5, 5.41) is 13.1. The predicted octanol–water partition coefficient (Wildman–Crippen LogP) is 3.62. The van der Waals surface area contributed by atoms with Crippen LogP contribution in [-0.2, 0) is 6.61 Å². The average molecular weight is 269 g/mol. The molecule has 0 saturated carbocycles. The molecule has 0 aliphatic heterocycles. The third-order valence-corrected chi connectivity index (χ3v) is 3.09. The molecule has 0 unspecified atom stereocenters. The average Bonchev–Trinajstić information content (AvgIpc) is 2.35. The second kappa shape index (κ2) is 5.36. The normalized spacial score (nSPS) is 10.3. The first-order valence-electron chi connectivity index (χ1n) is 4.98. The van der Waals surface area contributed by atoms with Gasteiger partial charge in [0.15, 0.2) is 0 Å². The van der Waals surface area contributed by atoms with Gasteiger partial charge in [-0.05, 0) is 18.2 Å². The molecule has 1 heterocycles. The van der Waals surface area contributed by atoms with Crippen molar-refractivity contribution in [3.05, 3.63) is 52.1 Å². The van der Waals surface area contributed by atoms with E-state index in [0.29, 0.717) is 27.1 Å². The Bertz CT molecular complexity index is 532. The molecule has 0 saturated heterocycles. The molecule has 88 valence electrons. The molecule has 2 aromatic rings. The summed E-state index contributed by atoms with van der Waals surface area (Å²) in [4.78, 5) is 4.14. The minimum Gasteiger partial charge on any atom is -0.392 e. The van der Waals surface area contributed by atoms with Crippen molar-refractivity contribution >= 4 is 34.7 Å². The SMILES string of the molecule is OCc1cccnc1Nc1cccc(Cl)c1Cl. The van der Waals surface area contributed by atoms with Crippen molar-refractivity contribution < 1.29 is 5.11 Å². The van der Waals surface area contributed by atoms with E-state index in [2.05, 4.69) is 10.3 Å². The van der Waals surface area contributed by atoms with Crippen LogP contribution in [0, 0.1) is 0 Å². The molecule has 0 radical (unpaired) electrons. The van der Waals surface area contributed by atoms with Gasteiger partial charge >= 0.3 is 0 Å². The molecule has 1 aromatic carbocycles. The molecule has 0 amide bonds. The van der Waals surface area contributed by atoms with Crippen LogP contribution >= 0.6 is 23.2 Å². The van der Waals surface area contributed by atoms with E-state index in [9.17, 15) is 5.11 Å². The van der Waals surface area contributed by atoms with Crippen LogP contribution in [0.3, 0.4) is 0 Å². The molecule has 0 bridgehead atoms. The molecule has 0 aliphatic carbocycles. The maximum absolute atomic E-state index is 9.18. The fraction of sp³-hybridized carbons (Fsp3) is 0.0833. The van der Waals surface area contributed by atoms with Gasteiger partial charge in [-0.3, -0.25) is 0 Å². The number of nitrogens with zero attached hydrogens (tertiary/aromatic N) is 1. The smallest absolute Gasteiger partial charge is 0.135 e. The van der Waals surface area contributed by atoms with Crippen molar-refractivity contribution in [3.63, 3.8) is 0 Å². The van der Waals surface area contributed by atoms with Gasteiger partial charge in [-0.25, -0.2) is 4.98 Å². The van der Waals surface area contributed by atoms with Gasteiger partial charge in [-0.15, -0.1) is 0 Å². The van der Waals surface area contributed by atoms with Crippen molar-refractivity contribution in [2.24, 2.45) is 0 Å². The summed E-state index contributed by atoms with van der Waals surface area (Å²) in [6, 6.07) is 8.84. The van der Waals surface area contributed by atoms with Gasteiger partial charge in [-0.1, -0.05) is 35.3 Å². The Labute approximate surface area is 109 Å². The molecule has 5 heteroatoms. The monoisotopic (exact) mass is 268 g/mol. The van der Waals surface area contributed by atoms with Gasteiger partial charge < -0.3 is 10.4 Å². The summed E-state index contributed by atoms with van der Waals surface area (Å²) >= 11 is 12.0. The van der Waals surface area contributed by atoms with E-state index in [1.807, 2.05) is 0 Å². The van der Waals surface area contributed by atoms with Crippen molar-refractivity contribution in [1.82, 2.24) is 4.98 Å². The van der Waals surface area contributed by atoms with Gasteiger partial charge in [0.25, 0.3) is 0 Å². The highest BCUT2D eigenvalue weighted by atomic mass is 35.5. The number of aromatic nitrogens is 1. The molecule has 2 rings (SSSR count). The van der Waals surface area contributed by atoms with Gasteiger partial charge in [0.2, 0.25) is 0 Å². The van der Waals surface area contributed by atoms with Crippen LogP contribution < -0.4 is 5.32 Å². The van der Waals surface area contributed by atoms with E-state index in [1.54, 1.807) is 36.5 Å². The lowest BCUT2D eigenvalue weighted by atomic mass is 10.2. The van der Waals surface area contributed by atoms with Crippen LogP contribution in [0.15, 0.2) is 36.5 Å². The summed E-state index contributed by atoms with van der Waals surface area (Å²) in [5.41, 5.74) is 1.36. The highest BCUT2D eigenvalue weighted by Crippen LogP contribution is 2.31. The number of halogens is 2. The molecule has 1 aromatic heterocycles.